The number of methoxy groups -OCH3 is 1. The topological polar surface area (TPSA) is 104 Å². The monoisotopic (exact) mass is 730 g/mol. The van der Waals surface area contributed by atoms with Gasteiger partial charge in [-0.3, -0.25) is 9.69 Å². The molecular weight excluding hydrogens is 683 g/mol. The first-order chi connectivity index (χ1) is 25.0. The Labute approximate surface area is 309 Å². The highest BCUT2D eigenvalue weighted by Crippen LogP contribution is 2.37. The van der Waals surface area contributed by atoms with Gasteiger partial charge in [-0.25, -0.2) is 4.39 Å². The average Bonchev–Trinajstić information content (AvgIpc) is 3.95. The number of anilines is 2. The van der Waals surface area contributed by atoms with Crippen molar-refractivity contribution in [3.8, 4) is 6.01 Å². The molecule has 4 aliphatic heterocycles. The highest BCUT2D eigenvalue weighted by molar-refractivity contribution is 6.36. The molecule has 13 heteroatoms. The van der Waals surface area contributed by atoms with E-state index in [2.05, 4.69) is 49.1 Å². The molecule has 3 fully saturated rings. The average molecular weight is 731 g/mol. The number of ether oxygens (including phenoxy) is 1. The summed E-state index contributed by atoms with van der Waals surface area (Å²) < 4.78 is 23.4. The molecule has 2 aromatic heterocycles. The Morgan fingerprint density at radius 2 is 1.88 bits per heavy atom. The van der Waals surface area contributed by atoms with E-state index in [-0.39, 0.29) is 17.4 Å². The van der Waals surface area contributed by atoms with Gasteiger partial charge in [0.25, 0.3) is 5.89 Å². The zero-order chi connectivity index (χ0) is 36.6. The Morgan fingerprint density at radius 1 is 1.08 bits per heavy atom. The molecule has 3 unspecified atom stereocenters. The predicted molar refractivity (Wildman–Crippen MR) is 202 cm³/mol. The van der Waals surface area contributed by atoms with Crippen molar-refractivity contribution >= 4 is 45.9 Å². The van der Waals surface area contributed by atoms with Crippen LogP contribution in [0.2, 0.25) is 5.02 Å². The van der Waals surface area contributed by atoms with Gasteiger partial charge in [0.1, 0.15) is 12.0 Å². The number of carbonyl (C=O) groups excluding carboxylic acids is 1. The molecule has 52 heavy (non-hydrogen) atoms. The lowest BCUT2D eigenvalue weighted by Crippen LogP contribution is -2.39. The fourth-order valence-electron chi connectivity index (χ4n) is 7.83. The number of carbonyl (C=O) groups is 1. The number of hydrogen-bond acceptors (Lipinski definition) is 10. The second-order valence-corrected chi connectivity index (χ2v) is 15.7. The van der Waals surface area contributed by atoms with Crippen molar-refractivity contribution in [2.45, 2.75) is 83.1 Å². The fourth-order valence-corrected chi connectivity index (χ4v) is 8.11. The van der Waals surface area contributed by atoms with Crippen LogP contribution in [0.3, 0.4) is 0 Å². The van der Waals surface area contributed by atoms with E-state index in [0.717, 1.165) is 70.9 Å². The summed E-state index contributed by atoms with van der Waals surface area (Å²) in [5.74, 6) is 1.70. The number of aromatic nitrogens is 4. The van der Waals surface area contributed by atoms with Crippen LogP contribution < -0.4 is 14.5 Å². The third-order valence-corrected chi connectivity index (χ3v) is 11.0. The van der Waals surface area contributed by atoms with E-state index < -0.39 is 6.17 Å². The normalized spacial score (nSPS) is 21.7. The van der Waals surface area contributed by atoms with Gasteiger partial charge in [-0.15, -0.1) is 0 Å². The summed E-state index contributed by atoms with van der Waals surface area (Å²) in [6.07, 6.45) is 7.51. The SMILES string of the molecule is COc1nc2c(c(N(C)C3CCN(C(=O)/C=C/c4nc(C(C)(C)C)no4)C3)n1)CCN(c1cccc3cccc(Cl)c13)C2.FC1CC2CCCN2C1. The summed E-state index contributed by atoms with van der Waals surface area (Å²) >= 11 is 6.65. The number of alkyl halides is 1. The van der Waals surface area contributed by atoms with E-state index in [0.29, 0.717) is 49.9 Å². The van der Waals surface area contributed by atoms with Crippen LogP contribution in [0.25, 0.3) is 16.8 Å². The maximum atomic E-state index is 13.0. The van der Waals surface area contributed by atoms with Gasteiger partial charge in [0.2, 0.25) is 5.91 Å². The molecule has 0 saturated carbocycles. The molecule has 276 valence electrons. The lowest BCUT2D eigenvalue weighted by molar-refractivity contribution is -0.124. The molecule has 2 aromatic carbocycles. The van der Waals surface area contributed by atoms with Gasteiger partial charge in [-0.2, -0.15) is 15.0 Å². The first kappa shape index (κ1) is 36.1. The lowest BCUT2D eigenvalue weighted by Gasteiger charge is -2.34. The Balaban J connectivity index is 0.000000404. The van der Waals surface area contributed by atoms with E-state index in [9.17, 15) is 9.18 Å². The number of nitrogens with zero attached hydrogens (tertiary/aromatic N) is 8. The smallest absolute Gasteiger partial charge is 0.318 e. The number of likely N-dealkylation sites (N-methyl/N-ethyl adjacent to an activating group) is 1. The van der Waals surface area contributed by atoms with Crippen LogP contribution in [0, 0.1) is 0 Å². The van der Waals surface area contributed by atoms with Crippen molar-refractivity contribution in [1.29, 1.82) is 0 Å². The third kappa shape index (κ3) is 7.59. The fraction of sp³-hybridized carbons (Fsp3) is 0.513. The minimum atomic E-state index is -0.518. The van der Waals surface area contributed by atoms with Gasteiger partial charge in [-0.1, -0.05) is 61.8 Å². The van der Waals surface area contributed by atoms with E-state index in [1.165, 1.54) is 18.9 Å². The van der Waals surface area contributed by atoms with Gasteiger partial charge >= 0.3 is 6.01 Å². The molecule has 11 nitrogen and oxygen atoms in total. The molecule has 0 spiro atoms. The summed E-state index contributed by atoms with van der Waals surface area (Å²) in [4.78, 5) is 35.6. The summed E-state index contributed by atoms with van der Waals surface area (Å²) in [7, 11) is 3.63. The predicted octanol–water partition coefficient (Wildman–Crippen LogP) is 6.48. The molecular formula is C39H48ClFN8O3. The van der Waals surface area contributed by atoms with Gasteiger partial charge in [-0.05, 0) is 56.2 Å². The highest BCUT2D eigenvalue weighted by atomic mass is 35.5. The lowest BCUT2D eigenvalue weighted by atomic mass is 9.96. The molecule has 4 aromatic rings. The Hall–Kier alpha value is -4.29. The summed E-state index contributed by atoms with van der Waals surface area (Å²) in [5, 5.41) is 6.92. The molecule has 0 radical (unpaired) electrons. The number of fused-ring (bicyclic) bond motifs is 3. The number of benzene rings is 2. The largest absolute Gasteiger partial charge is 0.467 e. The molecule has 3 atom stereocenters. The van der Waals surface area contributed by atoms with Crippen LogP contribution in [0.5, 0.6) is 6.01 Å². The second-order valence-electron chi connectivity index (χ2n) is 15.2. The van der Waals surface area contributed by atoms with Crippen molar-refractivity contribution in [3.63, 3.8) is 0 Å². The van der Waals surface area contributed by atoms with Crippen LogP contribution in [0.15, 0.2) is 47.0 Å². The molecule has 3 saturated heterocycles. The number of hydrogen-bond donors (Lipinski definition) is 0. The third-order valence-electron chi connectivity index (χ3n) is 10.7. The van der Waals surface area contributed by atoms with Crippen molar-refractivity contribution in [2.75, 3.05) is 56.7 Å². The minimum Gasteiger partial charge on any atom is -0.467 e. The summed E-state index contributed by atoms with van der Waals surface area (Å²) in [5.41, 5.74) is 2.92. The number of amides is 1. The molecule has 6 heterocycles. The Bertz CT molecular complexity index is 1930. The van der Waals surface area contributed by atoms with E-state index in [1.807, 2.05) is 44.9 Å². The Kier molecular flexibility index (Phi) is 10.4. The van der Waals surface area contributed by atoms with E-state index in [4.69, 9.17) is 30.8 Å². The molecule has 0 bridgehead atoms. The molecule has 0 aliphatic carbocycles. The first-order valence-corrected chi connectivity index (χ1v) is 18.6. The number of halogens is 2. The molecule has 0 N–H and O–H groups in total. The molecule has 1 amide bonds. The number of likely N-dealkylation sites (tertiary alicyclic amines) is 1. The molecule has 4 aliphatic rings. The van der Waals surface area contributed by atoms with Gasteiger partial charge in [0.15, 0.2) is 5.82 Å². The van der Waals surface area contributed by atoms with Crippen molar-refractivity contribution in [2.24, 2.45) is 0 Å². The van der Waals surface area contributed by atoms with E-state index >= 15 is 0 Å². The van der Waals surface area contributed by atoms with Gasteiger partial charge in [0.05, 0.1) is 24.4 Å². The summed E-state index contributed by atoms with van der Waals surface area (Å²) in [6.45, 7) is 10.5. The maximum Gasteiger partial charge on any atom is 0.318 e. The second kappa shape index (κ2) is 15.0. The van der Waals surface area contributed by atoms with Crippen LogP contribution in [-0.4, -0.2) is 101 Å². The van der Waals surface area contributed by atoms with Crippen molar-refractivity contribution in [1.82, 2.24) is 29.9 Å². The highest BCUT2D eigenvalue weighted by Gasteiger charge is 2.35. The maximum absolute atomic E-state index is 13.0. The Morgan fingerprint density at radius 3 is 2.63 bits per heavy atom. The van der Waals surface area contributed by atoms with E-state index in [1.54, 1.807) is 13.2 Å². The minimum absolute atomic E-state index is 0.0851. The van der Waals surface area contributed by atoms with Crippen LogP contribution in [0.4, 0.5) is 15.9 Å². The number of rotatable bonds is 6. The van der Waals surface area contributed by atoms with Gasteiger partial charge < -0.3 is 24.0 Å². The first-order valence-electron chi connectivity index (χ1n) is 18.3. The van der Waals surface area contributed by atoms with Crippen LogP contribution in [0.1, 0.15) is 69.4 Å². The van der Waals surface area contributed by atoms with Crippen molar-refractivity contribution in [3.05, 3.63) is 70.5 Å². The van der Waals surface area contributed by atoms with Crippen LogP contribution in [-0.2, 0) is 23.2 Å². The molecule has 8 rings (SSSR count). The van der Waals surface area contributed by atoms with Gasteiger partial charge in [0, 0.05) is 79.5 Å². The van der Waals surface area contributed by atoms with Crippen molar-refractivity contribution < 1.29 is 18.4 Å². The quantitative estimate of drug-likeness (QED) is 0.205. The summed E-state index contributed by atoms with van der Waals surface area (Å²) in [6, 6.07) is 13.3. The van der Waals surface area contributed by atoms with Crippen LogP contribution >= 0.6 is 11.6 Å². The standard InChI is InChI=1S/C32H36ClN7O3.C7H12FN/c1-32(2,3)30-35-26(43-37-30)12-13-27(41)40-16-14-21(18-40)38(4)29-22-15-17-39(19-24(22)34-31(36-29)42-5)25-11-7-9-20-8-6-10-23(33)28(20)25;8-6-4-7-2-1-3-9(7)5-6/h6-13,21H,14-19H2,1-5H3;6-7H,1-5H2/b13-12+;. The zero-order valence-electron chi connectivity index (χ0n) is 30.7. The zero-order valence-corrected chi connectivity index (χ0v) is 31.4.